The summed E-state index contributed by atoms with van der Waals surface area (Å²) in [6.45, 7) is 6.67. The second-order valence-electron chi connectivity index (χ2n) is 3.54. The third-order valence-corrected chi connectivity index (χ3v) is 2.13. The summed E-state index contributed by atoms with van der Waals surface area (Å²) in [5.74, 6) is 0.611. The molecular weight excluding hydrogens is 216 g/mol. The molecule has 4 nitrogen and oxygen atoms in total. The number of ether oxygens (including phenoxy) is 1. The van der Waals surface area contributed by atoms with Crippen LogP contribution in [0.15, 0.2) is 10.9 Å². The molecule has 0 spiro atoms. The van der Waals surface area contributed by atoms with Crippen LogP contribution < -0.4 is 5.56 Å². The smallest absolute Gasteiger partial charge is 0.255 e. The zero-order valence-corrected chi connectivity index (χ0v) is 9.91. The summed E-state index contributed by atoms with van der Waals surface area (Å²) in [5, 5.41) is 0.235. The zero-order valence-electron chi connectivity index (χ0n) is 9.16. The van der Waals surface area contributed by atoms with Gasteiger partial charge in [0, 0.05) is 6.07 Å². The quantitative estimate of drug-likeness (QED) is 0.739. The fourth-order valence-electron chi connectivity index (χ4n) is 1.24. The Morgan fingerprint density at radius 2 is 2.27 bits per heavy atom. The standard InChI is InChI=1S/C10H15ClN2O2/c1-7(2)15-5-4-13-8(3)12-9(11)6-10(13)14/h6-7H,4-5H2,1-3H3. The van der Waals surface area contributed by atoms with Gasteiger partial charge < -0.3 is 4.74 Å². The van der Waals surface area contributed by atoms with Crippen molar-refractivity contribution in [1.29, 1.82) is 0 Å². The second-order valence-corrected chi connectivity index (χ2v) is 3.92. The van der Waals surface area contributed by atoms with Crippen LogP contribution >= 0.6 is 11.6 Å². The number of aryl methyl sites for hydroxylation is 1. The number of hydrogen-bond acceptors (Lipinski definition) is 3. The zero-order chi connectivity index (χ0) is 11.4. The monoisotopic (exact) mass is 230 g/mol. The lowest BCUT2D eigenvalue weighted by molar-refractivity contribution is 0.0717. The van der Waals surface area contributed by atoms with Crippen molar-refractivity contribution in [3.8, 4) is 0 Å². The van der Waals surface area contributed by atoms with Crippen LogP contribution in [0.5, 0.6) is 0 Å². The predicted molar refractivity (Wildman–Crippen MR) is 59.3 cm³/mol. The van der Waals surface area contributed by atoms with Gasteiger partial charge in [-0.25, -0.2) is 4.98 Å². The van der Waals surface area contributed by atoms with E-state index in [-0.39, 0.29) is 16.8 Å². The lowest BCUT2D eigenvalue weighted by Gasteiger charge is -2.11. The minimum absolute atomic E-state index is 0.139. The van der Waals surface area contributed by atoms with Crippen LogP contribution in [-0.2, 0) is 11.3 Å². The van der Waals surface area contributed by atoms with E-state index in [9.17, 15) is 4.79 Å². The molecule has 1 aromatic heterocycles. The van der Waals surface area contributed by atoms with Crippen molar-refractivity contribution >= 4 is 11.6 Å². The highest BCUT2D eigenvalue weighted by atomic mass is 35.5. The van der Waals surface area contributed by atoms with Gasteiger partial charge >= 0.3 is 0 Å². The van der Waals surface area contributed by atoms with Crippen molar-refractivity contribution in [3.63, 3.8) is 0 Å². The second kappa shape index (κ2) is 5.28. The molecule has 1 heterocycles. The van der Waals surface area contributed by atoms with Crippen molar-refractivity contribution in [1.82, 2.24) is 9.55 Å². The average Bonchev–Trinajstić information content (AvgIpc) is 2.08. The van der Waals surface area contributed by atoms with Crippen LogP contribution in [0.3, 0.4) is 0 Å². The fourth-order valence-corrected chi connectivity index (χ4v) is 1.45. The highest BCUT2D eigenvalue weighted by Crippen LogP contribution is 2.01. The maximum absolute atomic E-state index is 11.5. The van der Waals surface area contributed by atoms with E-state index in [4.69, 9.17) is 16.3 Å². The molecule has 0 saturated heterocycles. The van der Waals surface area contributed by atoms with Gasteiger partial charge in [-0.05, 0) is 20.8 Å². The lowest BCUT2D eigenvalue weighted by atomic mass is 10.4. The molecule has 0 aliphatic rings. The number of rotatable bonds is 4. The average molecular weight is 231 g/mol. The van der Waals surface area contributed by atoms with E-state index in [0.29, 0.717) is 19.0 Å². The van der Waals surface area contributed by atoms with Gasteiger partial charge in [-0.2, -0.15) is 0 Å². The molecule has 0 saturated carbocycles. The first kappa shape index (κ1) is 12.2. The summed E-state index contributed by atoms with van der Waals surface area (Å²) in [7, 11) is 0. The third-order valence-electron chi connectivity index (χ3n) is 1.93. The van der Waals surface area contributed by atoms with E-state index in [0.717, 1.165) is 0 Å². The minimum atomic E-state index is -0.139. The highest BCUT2D eigenvalue weighted by Gasteiger charge is 2.03. The molecule has 0 bridgehead atoms. The summed E-state index contributed by atoms with van der Waals surface area (Å²) in [6, 6.07) is 1.31. The van der Waals surface area contributed by atoms with E-state index in [2.05, 4.69) is 4.98 Å². The van der Waals surface area contributed by atoms with Gasteiger partial charge in [-0.15, -0.1) is 0 Å². The summed E-state index contributed by atoms with van der Waals surface area (Å²) >= 11 is 5.65. The topological polar surface area (TPSA) is 44.1 Å². The Balaban J connectivity index is 2.73. The van der Waals surface area contributed by atoms with Gasteiger partial charge in [0.25, 0.3) is 5.56 Å². The van der Waals surface area contributed by atoms with Gasteiger partial charge in [-0.3, -0.25) is 9.36 Å². The summed E-state index contributed by atoms with van der Waals surface area (Å²) in [6.07, 6.45) is 0.168. The van der Waals surface area contributed by atoms with Gasteiger partial charge in [0.2, 0.25) is 0 Å². The first-order chi connectivity index (χ1) is 7.00. The Kier molecular flexibility index (Phi) is 4.29. The number of nitrogens with zero attached hydrogens (tertiary/aromatic N) is 2. The van der Waals surface area contributed by atoms with E-state index in [1.54, 1.807) is 11.5 Å². The van der Waals surface area contributed by atoms with E-state index in [1.165, 1.54) is 6.07 Å². The van der Waals surface area contributed by atoms with Crippen molar-refractivity contribution in [3.05, 3.63) is 27.4 Å². The molecule has 0 aromatic carbocycles. The fraction of sp³-hybridized carbons (Fsp3) is 0.600. The summed E-state index contributed by atoms with van der Waals surface area (Å²) in [4.78, 5) is 15.5. The maximum Gasteiger partial charge on any atom is 0.255 e. The van der Waals surface area contributed by atoms with E-state index < -0.39 is 0 Å². The minimum Gasteiger partial charge on any atom is -0.377 e. The Morgan fingerprint density at radius 3 is 2.80 bits per heavy atom. The number of hydrogen-bond donors (Lipinski definition) is 0. The van der Waals surface area contributed by atoms with Crippen LogP contribution in [0.2, 0.25) is 5.15 Å². The van der Waals surface area contributed by atoms with Crippen molar-refractivity contribution in [2.24, 2.45) is 0 Å². The Hall–Kier alpha value is -0.870. The van der Waals surface area contributed by atoms with Gasteiger partial charge in [-0.1, -0.05) is 11.6 Å². The third kappa shape index (κ3) is 3.64. The molecule has 5 heteroatoms. The van der Waals surface area contributed by atoms with Crippen molar-refractivity contribution < 1.29 is 4.74 Å². The molecule has 0 unspecified atom stereocenters. The number of halogens is 1. The number of aromatic nitrogens is 2. The summed E-state index contributed by atoms with van der Waals surface area (Å²) < 4.78 is 6.92. The molecule has 0 radical (unpaired) electrons. The molecule has 84 valence electrons. The molecule has 15 heavy (non-hydrogen) atoms. The molecule has 0 N–H and O–H groups in total. The summed E-state index contributed by atoms with van der Waals surface area (Å²) in [5.41, 5.74) is -0.139. The van der Waals surface area contributed by atoms with Crippen LogP contribution in [-0.4, -0.2) is 22.3 Å². The van der Waals surface area contributed by atoms with E-state index >= 15 is 0 Å². The maximum atomic E-state index is 11.5. The van der Waals surface area contributed by atoms with Crippen LogP contribution in [0.25, 0.3) is 0 Å². The van der Waals surface area contributed by atoms with E-state index in [1.807, 2.05) is 13.8 Å². The normalized spacial score (nSPS) is 11.0. The molecule has 0 fully saturated rings. The predicted octanol–water partition coefficient (Wildman–Crippen LogP) is 1.63. The Morgan fingerprint density at radius 1 is 1.60 bits per heavy atom. The Bertz CT molecular complexity index is 387. The van der Waals surface area contributed by atoms with Gasteiger partial charge in [0.15, 0.2) is 0 Å². The molecule has 0 atom stereocenters. The molecular formula is C10H15ClN2O2. The van der Waals surface area contributed by atoms with Gasteiger partial charge in [0.1, 0.15) is 11.0 Å². The molecule has 0 aliphatic carbocycles. The molecule has 1 aromatic rings. The van der Waals surface area contributed by atoms with Crippen LogP contribution in [0.1, 0.15) is 19.7 Å². The van der Waals surface area contributed by atoms with Crippen molar-refractivity contribution in [2.45, 2.75) is 33.4 Å². The largest absolute Gasteiger partial charge is 0.377 e. The lowest BCUT2D eigenvalue weighted by Crippen LogP contribution is -2.25. The Labute approximate surface area is 93.8 Å². The van der Waals surface area contributed by atoms with Crippen LogP contribution in [0, 0.1) is 6.92 Å². The van der Waals surface area contributed by atoms with Crippen molar-refractivity contribution in [2.75, 3.05) is 6.61 Å². The SMILES string of the molecule is Cc1nc(Cl)cc(=O)n1CCOC(C)C. The van der Waals surface area contributed by atoms with Gasteiger partial charge in [0.05, 0.1) is 19.3 Å². The first-order valence-corrected chi connectivity index (χ1v) is 5.24. The molecule has 1 rings (SSSR count). The molecule has 0 aliphatic heterocycles. The first-order valence-electron chi connectivity index (χ1n) is 4.86. The highest BCUT2D eigenvalue weighted by molar-refractivity contribution is 6.29. The molecule has 0 amide bonds. The van der Waals surface area contributed by atoms with Crippen LogP contribution in [0.4, 0.5) is 0 Å².